The van der Waals surface area contributed by atoms with E-state index in [2.05, 4.69) is 10.2 Å². The molecule has 1 amide bonds. The maximum absolute atomic E-state index is 13.0. The van der Waals surface area contributed by atoms with Crippen LogP contribution >= 0.6 is 0 Å². The van der Waals surface area contributed by atoms with E-state index in [1.54, 1.807) is 45.2 Å². The topological polar surface area (TPSA) is 86.4 Å². The summed E-state index contributed by atoms with van der Waals surface area (Å²) < 4.78 is 27.1. The van der Waals surface area contributed by atoms with Gasteiger partial charge in [0.1, 0.15) is 11.4 Å². The van der Waals surface area contributed by atoms with Crippen molar-refractivity contribution >= 4 is 27.3 Å². The van der Waals surface area contributed by atoms with E-state index in [-0.39, 0.29) is 17.3 Å². The standard InChI is InChI=1S/C14H16N4O3S/c1-9-14(10(2)16-15-9)22(20,21)18-8-13(19)17(3)11-6-4-5-7-12(11)18/h4-7H,8H2,1-3H3,(H,15,16). The van der Waals surface area contributed by atoms with Crippen LogP contribution in [0, 0.1) is 13.8 Å². The van der Waals surface area contributed by atoms with Crippen LogP contribution < -0.4 is 9.21 Å². The minimum Gasteiger partial charge on any atom is -0.312 e. The smallest absolute Gasteiger partial charge is 0.268 e. The molecule has 8 heteroatoms. The summed E-state index contributed by atoms with van der Waals surface area (Å²) in [5, 5.41) is 6.62. The molecule has 0 aliphatic carbocycles. The van der Waals surface area contributed by atoms with Gasteiger partial charge >= 0.3 is 0 Å². The van der Waals surface area contributed by atoms with E-state index in [9.17, 15) is 13.2 Å². The predicted octanol–water partition coefficient (Wildman–Crippen LogP) is 1.20. The highest BCUT2D eigenvalue weighted by atomic mass is 32.2. The van der Waals surface area contributed by atoms with Crippen molar-refractivity contribution in [1.82, 2.24) is 10.2 Å². The van der Waals surface area contributed by atoms with Gasteiger partial charge in [0.25, 0.3) is 10.0 Å². The summed E-state index contributed by atoms with van der Waals surface area (Å²) in [6.07, 6.45) is 0. The molecule has 0 spiro atoms. The number of hydrogen-bond acceptors (Lipinski definition) is 4. The van der Waals surface area contributed by atoms with Gasteiger partial charge in [-0.3, -0.25) is 14.2 Å². The van der Waals surface area contributed by atoms with Crippen molar-refractivity contribution in [2.45, 2.75) is 18.7 Å². The SMILES string of the molecule is Cc1n[nH]c(C)c1S(=O)(=O)N1CC(=O)N(C)c2ccccc21. The number of rotatable bonds is 2. The summed E-state index contributed by atoms with van der Waals surface area (Å²) in [6.45, 7) is 3.05. The molecule has 1 aliphatic rings. The zero-order chi connectivity index (χ0) is 16.1. The van der Waals surface area contributed by atoms with Gasteiger partial charge in [-0.15, -0.1) is 0 Å². The molecule has 0 fully saturated rings. The average molecular weight is 320 g/mol. The number of hydrogen-bond donors (Lipinski definition) is 1. The lowest BCUT2D eigenvalue weighted by molar-refractivity contribution is -0.117. The molecule has 0 saturated carbocycles. The van der Waals surface area contributed by atoms with E-state index >= 15 is 0 Å². The van der Waals surface area contributed by atoms with Gasteiger partial charge in [0.2, 0.25) is 5.91 Å². The molecule has 0 saturated heterocycles. The zero-order valence-corrected chi connectivity index (χ0v) is 13.3. The first-order chi connectivity index (χ1) is 10.3. The van der Waals surface area contributed by atoms with Crippen molar-refractivity contribution in [3.63, 3.8) is 0 Å². The van der Waals surface area contributed by atoms with Crippen molar-refractivity contribution in [3.8, 4) is 0 Å². The number of aryl methyl sites for hydroxylation is 2. The maximum atomic E-state index is 13.0. The Hall–Kier alpha value is -2.35. The van der Waals surface area contributed by atoms with Crippen molar-refractivity contribution in [3.05, 3.63) is 35.7 Å². The molecular weight excluding hydrogens is 304 g/mol. The molecule has 0 unspecified atom stereocenters. The molecule has 1 N–H and O–H groups in total. The molecule has 1 aromatic carbocycles. The normalized spacial score (nSPS) is 15.1. The molecule has 7 nitrogen and oxygen atoms in total. The summed E-state index contributed by atoms with van der Waals surface area (Å²) in [4.78, 5) is 13.7. The number of nitrogens with zero attached hydrogens (tertiary/aromatic N) is 3. The van der Waals surface area contributed by atoms with Gasteiger partial charge in [0.15, 0.2) is 0 Å². The highest BCUT2D eigenvalue weighted by molar-refractivity contribution is 7.93. The number of H-pyrrole nitrogens is 1. The summed E-state index contributed by atoms with van der Waals surface area (Å²) in [7, 11) is -2.22. The Kier molecular flexibility index (Phi) is 3.21. The van der Waals surface area contributed by atoms with Crippen LogP contribution in [-0.4, -0.2) is 38.1 Å². The van der Waals surface area contributed by atoms with Crippen molar-refractivity contribution < 1.29 is 13.2 Å². The Labute approximate surface area is 128 Å². The molecule has 3 rings (SSSR count). The van der Waals surface area contributed by atoms with E-state index < -0.39 is 10.0 Å². The lowest BCUT2D eigenvalue weighted by Gasteiger charge is -2.34. The van der Waals surface area contributed by atoms with Gasteiger partial charge in [-0.25, -0.2) is 8.42 Å². The number of anilines is 2. The summed E-state index contributed by atoms with van der Waals surface area (Å²) in [5.74, 6) is -0.277. The van der Waals surface area contributed by atoms with E-state index in [0.29, 0.717) is 22.8 Å². The molecule has 2 heterocycles. The van der Waals surface area contributed by atoms with Gasteiger partial charge in [-0.05, 0) is 26.0 Å². The molecule has 116 valence electrons. The van der Waals surface area contributed by atoms with Crippen LogP contribution in [0.5, 0.6) is 0 Å². The van der Waals surface area contributed by atoms with E-state index in [4.69, 9.17) is 0 Å². The Morgan fingerprint density at radius 2 is 1.82 bits per heavy atom. The Balaban J connectivity index is 2.21. The first kappa shape index (κ1) is 14.6. The van der Waals surface area contributed by atoms with E-state index in [1.807, 2.05) is 0 Å². The van der Waals surface area contributed by atoms with Crippen LogP contribution in [0.4, 0.5) is 11.4 Å². The minimum atomic E-state index is -3.86. The molecule has 22 heavy (non-hydrogen) atoms. The van der Waals surface area contributed by atoms with Crippen LogP contribution in [0.3, 0.4) is 0 Å². The van der Waals surface area contributed by atoms with Crippen LogP contribution in [-0.2, 0) is 14.8 Å². The third-order valence-corrected chi connectivity index (χ3v) is 5.80. The molecule has 1 aliphatic heterocycles. The molecule has 2 aromatic rings. The number of amides is 1. The summed E-state index contributed by atoms with van der Waals surface area (Å²) >= 11 is 0. The second-order valence-electron chi connectivity index (χ2n) is 5.22. The fourth-order valence-corrected chi connectivity index (χ4v) is 4.42. The van der Waals surface area contributed by atoms with Crippen molar-refractivity contribution in [2.75, 3.05) is 22.8 Å². The van der Waals surface area contributed by atoms with E-state index in [0.717, 1.165) is 4.31 Å². The zero-order valence-electron chi connectivity index (χ0n) is 12.5. The van der Waals surface area contributed by atoms with E-state index in [1.165, 1.54) is 4.90 Å². The van der Waals surface area contributed by atoms with Gasteiger partial charge in [0, 0.05) is 7.05 Å². The van der Waals surface area contributed by atoms with Crippen molar-refractivity contribution in [2.24, 2.45) is 0 Å². The predicted molar refractivity (Wildman–Crippen MR) is 82.4 cm³/mol. The second kappa shape index (κ2) is 4.84. The van der Waals surface area contributed by atoms with Crippen LogP contribution in [0.15, 0.2) is 29.2 Å². The number of aromatic nitrogens is 2. The molecule has 0 bridgehead atoms. The summed E-state index contributed by atoms with van der Waals surface area (Å²) in [6, 6.07) is 6.94. The number of benzene rings is 1. The highest BCUT2D eigenvalue weighted by Gasteiger charge is 2.37. The Morgan fingerprint density at radius 3 is 2.41 bits per heavy atom. The third kappa shape index (κ3) is 1.98. The molecular formula is C14H16N4O3S. The summed E-state index contributed by atoms with van der Waals surface area (Å²) in [5.41, 5.74) is 1.91. The number of sulfonamides is 1. The van der Waals surface area contributed by atoms with Crippen LogP contribution in [0.2, 0.25) is 0 Å². The fourth-order valence-electron chi connectivity index (χ4n) is 2.65. The van der Waals surface area contributed by atoms with Gasteiger partial charge < -0.3 is 4.90 Å². The van der Waals surface area contributed by atoms with Gasteiger partial charge in [-0.2, -0.15) is 5.10 Å². The molecule has 0 atom stereocenters. The fraction of sp³-hybridized carbons (Fsp3) is 0.286. The number of carbonyl (C=O) groups excluding carboxylic acids is 1. The van der Waals surface area contributed by atoms with Crippen LogP contribution in [0.1, 0.15) is 11.4 Å². The third-order valence-electron chi connectivity index (χ3n) is 3.77. The largest absolute Gasteiger partial charge is 0.312 e. The average Bonchev–Trinajstić information content (AvgIpc) is 2.82. The highest BCUT2D eigenvalue weighted by Crippen LogP contribution is 2.36. The Bertz CT molecular complexity index is 837. The van der Waals surface area contributed by atoms with Crippen LogP contribution in [0.25, 0.3) is 0 Å². The number of fused-ring (bicyclic) bond motifs is 1. The monoisotopic (exact) mass is 320 g/mol. The first-order valence-corrected chi connectivity index (χ1v) is 8.18. The Morgan fingerprint density at radius 1 is 1.18 bits per heavy atom. The minimum absolute atomic E-state index is 0.125. The first-order valence-electron chi connectivity index (χ1n) is 6.74. The molecule has 0 radical (unpaired) electrons. The van der Waals surface area contributed by atoms with Gasteiger partial charge in [-0.1, -0.05) is 12.1 Å². The number of aromatic amines is 1. The lowest BCUT2D eigenvalue weighted by Crippen LogP contribution is -2.46. The van der Waals surface area contributed by atoms with Gasteiger partial charge in [0.05, 0.1) is 22.8 Å². The number of nitrogens with one attached hydrogen (secondary N) is 1. The maximum Gasteiger partial charge on any atom is 0.268 e. The quantitative estimate of drug-likeness (QED) is 0.901. The second-order valence-corrected chi connectivity index (χ2v) is 7.02. The van der Waals surface area contributed by atoms with Crippen molar-refractivity contribution in [1.29, 1.82) is 0 Å². The lowest BCUT2D eigenvalue weighted by atomic mass is 10.2. The number of para-hydroxylation sites is 2. The number of likely N-dealkylation sites (N-methyl/N-ethyl adjacent to an activating group) is 1. The molecule has 1 aromatic heterocycles. The number of carbonyl (C=O) groups is 1.